The third-order valence-corrected chi connectivity index (χ3v) is 5.16. The molecule has 1 aliphatic heterocycles. The van der Waals surface area contributed by atoms with Gasteiger partial charge in [0, 0.05) is 5.02 Å². The number of nitrogens with one attached hydrogen (secondary N) is 1. The molecule has 0 amide bonds. The summed E-state index contributed by atoms with van der Waals surface area (Å²) < 4.78 is 45.3. The molecule has 116 valence electrons. The summed E-state index contributed by atoms with van der Waals surface area (Å²) in [5.41, 5.74) is -1.41. The third kappa shape index (κ3) is 3.03. The summed E-state index contributed by atoms with van der Waals surface area (Å²) in [7, 11) is -4.22. The van der Waals surface area contributed by atoms with Gasteiger partial charge in [0.25, 0.3) is 0 Å². The Morgan fingerprint density at radius 2 is 2.24 bits per heavy atom. The zero-order chi connectivity index (χ0) is 15.8. The number of ether oxygens (including phenoxy) is 1. The smallest absolute Gasteiger partial charge is 0.313 e. The molecular formula is C12H13ClFNO5S. The van der Waals surface area contributed by atoms with Crippen LogP contribution < -0.4 is 4.72 Å². The van der Waals surface area contributed by atoms with E-state index in [0.717, 1.165) is 12.1 Å². The summed E-state index contributed by atoms with van der Waals surface area (Å²) in [4.78, 5) is 10.7. The van der Waals surface area contributed by atoms with Crippen LogP contribution in [0.4, 0.5) is 4.39 Å². The van der Waals surface area contributed by atoms with Crippen molar-refractivity contribution in [3.63, 3.8) is 0 Å². The van der Waals surface area contributed by atoms with Gasteiger partial charge >= 0.3 is 5.97 Å². The van der Waals surface area contributed by atoms with Gasteiger partial charge in [-0.2, -0.15) is 0 Å². The molecule has 2 atom stereocenters. The fourth-order valence-corrected chi connectivity index (χ4v) is 3.54. The first kappa shape index (κ1) is 16.2. The number of sulfonamides is 1. The lowest BCUT2D eigenvalue weighted by Gasteiger charge is -2.25. The number of carbonyl (C=O) groups is 1. The molecule has 0 bridgehead atoms. The Bertz CT molecular complexity index is 680. The zero-order valence-electron chi connectivity index (χ0n) is 11.0. The van der Waals surface area contributed by atoms with E-state index in [9.17, 15) is 22.7 Å². The number of hydrogen-bond donors (Lipinski definition) is 2. The lowest BCUT2D eigenvalue weighted by atomic mass is 9.86. The van der Waals surface area contributed by atoms with Crippen molar-refractivity contribution in [1.82, 2.24) is 4.72 Å². The van der Waals surface area contributed by atoms with Crippen molar-refractivity contribution in [3.05, 3.63) is 29.0 Å². The number of aliphatic carboxylic acids is 1. The number of rotatable bonds is 4. The third-order valence-electron chi connectivity index (χ3n) is 3.42. The summed E-state index contributed by atoms with van der Waals surface area (Å²) >= 11 is 5.57. The average Bonchev–Trinajstić information content (AvgIpc) is 2.71. The van der Waals surface area contributed by atoms with E-state index in [1.807, 2.05) is 0 Å². The topological polar surface area (TPSA) is 92.7 Å². The largest absolute Gasteiger partial charge is 0.481 e. The summed E-state index contributed by atoms with van der Waals surface area (Å²) in [5, 5.41) is 9.26. The maximum atomic E-state index is 13.7. The number of hydrogen-bond acceptors (Lipinski definition) is 4. The van der Waals surface area contributed by atoms with E-state index in [1.165, 1.54) is 13.0 Å². The van der Waals surface area contributed by atoms with Gasteiger partial charge in [0.05, 0.1) is 19.3 Å². The number of halogens is 2. The highest BCUT2D eigenvalue weighted by Crippen LogP contribution is 2.30. The summed E-state index contributed by atoms with van der Waals surface area (Å²) in [6.07, 6.45) is 0. The first-order chi connectivity index (χ1) is 9.67. The molecule has 1 aliphatic rings. The van der Waals surface area contributed by atoms with Crippen LogP contribution in [0.3, 0.4) is 0 Å². The fourth-order valence-electron chi connectivity index (χ4n) is 1.99. The molecule has 0 radical (unpaired) electrons. The standard InChI is InChI=1S/C12H13ClFNO5S/c1-12(11(16)17)6-20-5-10(12)15-21(18,19)9-3-2-7(13)4-8(9)14/h2-4,10,15H,5-6H2,1H3,(H,16,17). The van der Waals surface area contributed by atoms with Crippen molar-refractivity contribution >= 4 is 27.6 Å². The molecule has 0 aliphatic carbocycles. The Kier molecular flexibility index (Phi) is 4.25. The first-order valence-corrected chi connectivity index (χ1v) is 7.81. The van der Waals surface area contributed by atoms with E-state index >= 15 is 0 Å². The highest BCUT2D eigenvalue weighted by molar-refractivity contribution is 7.89. The molecule has 2 rings (SSSR count). The molecule has 6 nitrogen and oxygen atoms in total. The quantitative estimate of drug-likeness (QED) is 0.862. The monoisotopic (exact) mass is 337 g/mol. The molecular weight excluding hydrogens is 325 g/mol. The van der Waals surface area contributed by atoms with Gasteiger partial charge in [0.15, 0.2) is 0 Å². The number of carboxylic acid groups (broad SMARTS) is 1. The Balaban J connectivity index is 2.31. The van der Waals surface area contributed by atoms with Crippen molar-refractivity contribution < 1.29 is 27.4 Å². The molecule has 0 saturated carbocycles. The molecule has 21 heavy (non-hydrogen) atoms. The molecule has 0 spiro atoms. The molecule has 1 fully saturated rings. The average molecular weight is 338 g/mol. The van der Waals surface area contributed by atoms with Gasteiger partial charge in [-0.25, -0.2) is 17.5 Å². The highest BCUT2D eigenvalue weighted by atomic mass is 35.5. The van der Waals surface area contributed by atoms with Crippen molar-refractivity contribution in [2.24, 2.45) is 5.41 Å². The fraction of sp³-hybridized carbons (Fsp3) is 0.417. The molecule has 9 heteroatoms. The van der Waals surface area contributed by atoms with Gasteiger partial charge in [0.2, 0.25) is 10.0 Å². The van der Waals surface area contributed by atoms with E-state index in [-0.39, 0.29) is 18.2 Å². The van der Waals surface area contributed by atoms with Crippen LogP contribution in [0.15, 0.2) is 23.1 Å². The number of benzene rings is 1. The SMILES string of the molecule is CC1(C(=O)O)COCC1NS(=O)(=O)c1ccc(Cl)cc1F. The first-order valence-electron chi connectivity index (χ1n) is 5.95. The second-order valence-corrected chi connectivity index (χ2v) is 7.11. The van der Waals surface area contributed by atoms with Gasteiger partial charge in [-0.3, -0.25) is 4.79 Å². The van der Waals surface area contributed by atoms with Crippen molar-refractivity contribution in [2.75, 3.05) is 13.2 Å². The van der Waals surface area contributed by atoms with E-state index in [0.29, 0.717) is 0 Å². The van der Waals surface area contributed by atoms with E-state index in [2.05, 4.69) is 4.72 Å². The second-order valence-electron chi connectivity index (χ2n) is 4.99. The number of carboxylic acids is 1. The Morgan fingerprint density at radius 3 is 2.81 bits per heavy atom. The normalized spacial score (nSPS) is 26.0. The minimum atomic E-state index is -4.22. The van der Waals surface area contributed by atoms with Crippen LogP contribution in [0.2, 0.25) is 5.02 Å². The van der Waals surface area contributed by atoms with Gasteiger partial charge in [-0.05, 0) is 25.1 Å². The molecule has 1 aromatic rings. The molecule has 1 saturated heterocycles. The van der Waals surface area contributed by atoms with Crippen LogP contribution in [0.1, 0.15) is 6.92 Å². The predicted molar refractivity (Wildman–Crippen MR) is 72.1 cm³/mol. The van der Waals surface area contributed by atoms with Crippen molar-refractivity contribution in [2.45, 2.75) is 17.9 Å². The van der Waals surface area contributed by atoms with Gasteiger partial charge < -0.3 is 9.84 Å². The maximum absolute atomic E-state index is 13.7. The van der Waals surface area contributed by atoms with E-state index in [1.54, 1.807) is 0 Å². The van der Waals surface area contributed by atoms with Gasteiger partial charge in [-0.1, -0.05) is 11.6 Å². The van der Waals surface area contributed by atoms with Crippen molar-refractivity contribution in [3.8, 4) is 0 Å². The summed E-state index contributed by atoms with van der Waals surface area (Å²) in [6, 6.07) is 2.14. The Morgan fingerprint density at radius 1 is 1.57 bits per heavy atom. The Labute approximate surface area is 125 Å². The minimum Gasteiger partial charge on any atom is -0.481 e. The van der Waals surface area contributed by atoms with Crippen LogP contribution in [0, 0.1) is 11.2 Å². The van der Waals surface area contributed by atoms with Crippen LogP contribution in [-0.2, 0) is 19.6 Å². The maximum Gasteiger partial charge on any atom is 0.313 e. The molecule has 1 aromatic carbocycles. The minimum absolute atomic E-state index is 0.0611. The summed E-state index contributed by atoms with van der Waals surface area (Å²) in [5.74, 6) is -2.20. The lowest BCUT2D eigenvalue weighted by molar-refractivity contribution is -0.148. The highest BCUT2D eigenvalue weighted by Gasteiger charge is 2.48. The van der Waals surface area contributed by atoms with Crippen molar-refractivity contribution in [1.29, 1.82) is 0 Å². The zero-order valence-corrected chi connectivity index (χ0v) is 12.5. The van der Waals surface area contributed by atoms with Gasteiger partial charge in [0.1, 0.15) is 16.1 Å². The van der Waals surface area contributed by atoms with Crippen LogP contribution in [0.5, 0.6) is 0 Å². The lowest BCUT2D eigenvalue weighted by Crippen LogP contribution is -2.49. The molecule has 2 unspecified atom stereocenters. The molecule has 0 aromatic heterocycles. The van der Waals surface area contributed by atoms with Gasteiger partial charge in [-0.15, -0.1) is 0 Å². The van der Waals surface area contributed by atoms with E-state index < -0.39 is 38.2 Å². The van der Waals surface area contributed by atoms with E-state index in [4.69, 9.17) is 16.3 Å². The summed E-state index contributed by atoms with van der Waals surface area (Å²) in [6.45, 7) is 1.14. The second kappa shape index (κ2) is 5.53. The van der Waals surface area contributed by atoms with Crippen LogP contribution >= 0.6 is 11.6 Å². The Hall–Kier alpha value is -1.22. The molecule has 2 N–H and O–H groups in total. The predicted octanol–water partition coefficient (Wildman–Crippen LogP) is 1.25. The molecule has 1 heterocycles. The van der Waals surface area contributed by atoms with Crippen LogP contribution in [-0.4, -0.2) is 38.7 Å². The van der Waals surface area contributed by atoms with Crippen LogP contribution in [0.25, 0.3) is 0 Å².